The van der Waals surface area contributed by atoms with Crippen LogP contribution in [0.1, 0.15) is 29.6 Å². The van der Waals surface area contributed by atoms with E-state index in [2.05, 4.69) is 10.2 Å². The standard InChI is InChI=1S/C16H23ClN2O3/c1-22-15-10-12(17)5-6-14(15)16(21)18-7-9-19-8-3-2-4-13(19)11-20/h5-6,10,13,20H,2-4,7-9,11H2,1H3,(H,18,21). The molecular formula is C16H23ClN2O3. The number of nitrogens with zero attached hydrogens (tertiary/aromatic N) is 1. The molecule has 0 aliphatic carbocycles. The molecule has 0 saturated carbocycles. The number of halogens is 1. The van der Waals surface area contributed by atoms with Gasteiger partial charge in [0.05, 0.1) is 19.3 Å². The summed E-state index contributed by atoms with van der Waals surface area (Å²) in [5, 5.41) is 12.8. The average molecular weight is 327 g/mol. The predicted octanol–water partition coefficient (Wildman–Crippen LogP) is 1.93. The minimum atomic E-state index is -0.175. The van der Waals surface area contributed by atoms with Gasteiger partial charge in [0.1, 0.15) is 5.75 Å². The number of carbonyl (C=O) groups is 1. The fourth-order valence-electron chi connectivity index (χ4n) is 2.82. The third-order valence-corrected chi connectivity index (χ3v) is 4.29. The van der Waals surface area contributed by atoms with Gasteiger partial charge in [-0.1, -0.05) is 18.0 Å². The Hall–Kier alpha value is -1.30. The van der Waals surface area contributed by atoms with Crippen molar-refractivity contribution in [3.63, 3.8) is 0 Å². The second-order valence-corrected chi connectivity index (χ2v) is 5.91. The number of piperidine rings is 1. The molecule has 1 heterocycles. The van der Waals surface area contributed by atoms with Gasteiger partial charge in [-0.3, -0.25) is 9.69 Å². The van der Waals surface area contributed by atoms with Crippen molar-refractivity contribution in [2.45, 2.75) is 25.3 Å². The Kier molecular flexibility index (Phi) is 6.49. The van der Waals surface area contributed by atoms with E-state index in [1.54, 1.807) is 18.2 Å². The van der Waals surface area contributed by atoms with E-state index in [1.165, 1.54) is 7.11 Å². The van der Waals surface area contributed by atoms with Crippen LogP contribution in [0.25, 0.3) is 0 Å². The van der Waals surface area contributed by atoms with E-state index in [1.807, 2.05) is 0 Å². The molecule has 2 rings (SSSR count). The molecule has 1 fully saturated rings. The molecule has 1 aromatic carbocycles. The number of carbonyl (C=O) groups excluding carboxylic acids is 1. The van der Waals surface area contributed by atoms with Crippen LogP contribution in [0.2, 0.25) is 5.02 Å². The Labute approximate surface area is 136 Å². The molecule has 1 unspecified atom stereocenters. The van der Waals surface area contributed by atoms with E-state index in [9.17, 15) is 9.90 Å². The molecule has 1 aliphatic rings. The number of hydrogen-bond donors (Lipinski definition) is 2. The molecule has 22 heavy (non-hydrogen) atoms. The predicted molar refractivity (Wildman–Crippen MR) is 86.6 cm³/mol. The number of likely N-dealkylation sites (tertiary alicyclic amines) is 1. The van der Waals surface area contributed by atoms with Crippen molar-refractivity contribution >= 4 is 17.5 Å². The maximum atomic E-state index is 12.2. The summed E-state index contributed by atoms with van der Waals surface area (Å²) >= 11 is 5.90. The SMILES string of the molecule is COc1cc(Cl)ccc1C(=O)NCCN1CCCCC1CO. The molecule has 0 spiro atoms. The molecule has 6 heteroatoms. The van der Waals surface area contributed by atoms with Crippen LogP contribution in [0.4, 0.5) is 0 Å². The van der Waals surface area contributed by atoms with Crippen molar-refractivity contribution in [1.82, 2.24) is 10.2 Å². The maximum Gasteiger partial charge on any atom is 0.255 e. The molecule has 0 bridgehead atoms. The first kappa shape index (κ1) is 17.1. The first-order valence-corrected chi connectivity index (χ1v) is 8.00. The van der Waals surface area contributed by atoms with Gasteiger partial charge >= 0.3 is 0 Å². The zero-order valence-electron chi connectivity index (χ0n) is 12.8. The zero-order chi connectivity index (χ0) is 15.9. The van der Waals surface area contributed by atoms with Crippen molar-refractivity contribution in [2.24, 2.45) is 0 Å². The van der Waals surface area contributed by atoms with Gasteiger partial charge in [-0.05, 0) is 37.6 Å². The first-order chi connectivity index (χ1) is 10.7. The summed E-state index contributed by atoms with van der Waals surface area (Å²) in [4.78, 5) is 14.5. The zero-order valence-corrected chi connectivity index (χ0v) is 13.6. The van der Waals surface area contributed by atoms with Crippen LogP contribution in [-0.4, -0.2) is 55.3 Å². The van der Waals surface area contributed by atoms with Crippen molar-refractivity contribution in [3.8, 4) is 5.75 Å². The van der Waals surface area contributed by atoms with Gasteiger partial charge in [0.2, 0.25) is 0 Å². The van der Waals surface area contributed by atoms with Crippen molar-refractivity contribution in [2.75, 3.05) is 33.4 Å². The minimum absolute atomic E-state index is 0.175. The summed E-state index contributed by atoms with van der Waals surface area (Å²) in [7, 11) is 1.52. The number of benzene rings is 1. The molecule has 1 amide bonds. The van der Waals surface area contributed by atoms with Gasteiger partial charge < -0.3 is 15.2 Å². The second kappa shape index (κ2) is 8.36. The molecule has 1 saturated heterocycles. The summed E-state index contributed by atoms with van der Waals surface area (Å²) in [5.41, 5.74) is 0.476. The third kappa shape index (κ3) is 4.35. The van der Waals surface area contributed by atoms with Crippen molar-refractivity contribution < 1.29 is 14.6 Å². The Morgan fingerprint density at radius 1 is 1.50 bits per heavy atom. The van der Waals surface area contributed by atoms with Crippen molar-refractivity contribution in [1.29, 1.82) is 0 Å². The lowest BCUT2D eigenvalue weighted by Gasteiger charge is -2.34. The van der Waals surface area contributed by atoms with Gasteiger partial charge in [-0.15, -0.1) is 0 Å². The van der Waals surface area contributed by atoms with Gasteiger partial charge in [0.15, 0.2) is 0 Å². The van der Waals surface area contributed by atoms with Crippen LogP contribution < -0.4 is 10.1 Å². The summed E-state index contributed by atoms with van der Waals surface area (Å²) < 4.78 is 5.19. The molecule has 5 nitrogen and oxygen atoms in total. The van der Waals surface area contributed by atoms with E-state index in [0.717, 1.165) is 32.4 Å². The Bertz CT molecular complexity index is 510. The number of amides is 1. The highest BCUT2D eigenvalue weighted by atomic mass is 35.5. The monoisotopic (exact) mass is 326 g/mol. The molecule has 0 radical (unpaired) electrons. The summed E-state index contributed by atoms with van der Waals surface area (Å²) in [6.45, 7) is 2.44. The number of rotatable bonds is 6. The summed E-state index contributed by atoms with van der Waals surface area (Å²) in [6, 6.07) is 5.18. The maximum absolute atomic E-state index is 12.2. The van der Waals surface area contributed by atoms with E-state index >= 15 is 0 Å². The molecule has 1 aromatic rings. The third-order valence-electron chi connectivity index (χ3n) is 4.05. The average Bonchev–Trinajstić information content (AvgIpc) is 2.54. The number of ether oxygens (including phenoxy) is 1. The topological polar surface area (TPSA) is 61.8 Å². The second-order valence-electron chi connectivity index (χ2n) is 5.47. The highest BCUT2D eigenvalue weighted by Gasteiger charge is 2.21. The fourth-order valence-corrected chi connectivity index (χ4v) is 2.98. The molecule has 122 valence electrons. The normalized spacial score (nSPS) is 19.0. The first-order valence-electron chi connectivity index (χ1n) is 7.62. The molecule has 1 atom stereocenters. The smallest absolute Gasteiger partial charge is 0.255 e. The number of nitrogens with one attached hydrogen (secondary N) is 1. The van der Waals surface area contributed by atoms with Crippen LogP contribution in [0, 0.1) is 0 Å². The van der Waals surface area contributed by atoms with Crippen LogP contribution in [0.15, 0.2) is 18.2 Å². The van der Waals surface area contributed by atoms with E-state index in [4.69, 9.17) is 16.3 Å². The lowest BCUT2D eigenvalue weighted by molar-refractivity contribution is 0.0848. The Morgan fingerprint density at radius 2 is 2.32 bits per heavy atom. The van der Waals surface area contributed by atoms with Crippen LogP contribution >= 0.6 is 11.6 Å². The van der Waals surface area contributed by atoms with Gasteiger partial charge in [-0.25, -0.2) is 0 Å². The van der Waals surface area contributed by atoms with E-state index < -0.39 is 0 Å². The lowest BCUT2D eigenvalue weighted by Crippen LogP contribution is -2.45. The lowest BCUT2D eigenvalue weighted by atomic mass is 10.0. The van der Waals surface area contributed by atoms with Crippen molar-refractivity contribution in [3.05, 3.63) is 28.8 Å². The van der Waals surface area contributed by atoms with Crippen LogP contribution in [0.3, 0.4) is 0 Å². The molecule has 2 N–H and O–H groups in total. The Morgan fingerprint density at radius 3 is 3.05 bits per heavy atom. The fraction of sp³-hybridized carbons (Fsp3) is 0.562. The number of hydrogen-bond acceptors (Lipinski definition) is 4. The van der Waals surface area contributed by atoms with Gasteiger partial charge in [0.25, 0.3) is 5.91 Å². The quantitative estimate of drug-likeness (QED) is 0.838. The summed E-state index contributed by atoms with van der Waals surface area (Å²) in [5.74, 6) is 0.294. The van der Waals surface area contributed by atoms with Gasteiger partial charge in [-0.2, -0.15) is 0 Å². The van der Waals surface area contributed by atoms with Crippen LogP contribution in [0.5, 0.6) is 5.75 Å². The Balaban J connectivity index is 1.87. The van der Waals surface area contributed by atoms with Gasteiger partial charge in [0, 0.05) is 24.2 Å². The highest BCUT2D eigenvalue weighted by Crippen LogP contribution is 2.23. The molecule has 0 aromatic heterocycles. The largest absolute Gasteiger partial charge is 0.496 e. The summed E-state index contributed by atoms with van der Waals surface area (Å²) in [6.07, 6.45) is 3.33. The molecule has 1 aliphatic heterocycles. The van der Waals surface area contributed by atoms with Crippen LogP contribution in [-0.2, 0) is 0 Å². The number of aliphatic hydroxyl groups is 1. The minimum Gasteiger partial charge on any atom is -0.496 e. The number of methoxy groups -OCH3 is 1. The van der Waals surface area contributed by atoms with E-state index in [0.29, 0.717) is 22.9 Å². The van der Waals surface area contributed by atoms with E-state index in [-0.39, 0.29) is 18.6 Å². The highest BCUT2D eigenvalue weighted by molar-refractivity contribution is 6.30. The number of aliphatic hydroxyl groups excluding tert-OH is 1. The molecular weight excluding hydrogens is 304 g/mol.